The quantitative estimate of drug-likeness (QED) is 0.856. The first-order valence-electron chi connectivity index (χ1n) is 7.14. The van der Waals surface area contributed by atoms with Crippen LogP contribution in [0.15, 0.2) is 33.7 Å². The van der Waals surface area contributed by atoms with Crippen LogP contribution in [0.1, 0.15) is 51.6 Å². The summed E-state index contributed by atoms with van der Waals surface area (Å²) in [4.78, 5) is 16.6. The van der Waals surface area contributed by atoms with E-state index in [2.05, 4.69) is 36.2 Å². The number of aromatic nitrogens is 2. The highest BCUT2D eigenvalue weighted by Crippen LogP contribution is 2.35. The van der Waals surface area contributed by atoms with Crippen LogP contribution in [0.3, 0.4) is 0 Å². The molecule has 0 radical (unpaired) electrons. The van der Waals surface area contributed by atoms with Crippen LogP contribution < -0.4 is 5.32 Å². The highest BCUT2D eigenvalue weighted by atomic mass is 32.2. The Hall–Kier alpha value is -1.82. The van der Waals surface area contributed by atoms with Crippen LogP contribution in [-0.2, 0) is 10.2 Å². The van der Waals surface area contributed by atoms with Gasteiger partial charge < -0.3 is 9.84 Å². The number of carbonyl (C=O) groups is 1. The first kappa shape index (κ1) is 16.5. The van der Waals surface area contributed by atoms with Crippen molar-refractivity contribution in [1.82, 2.24) is 10.1 Å². The molecule has 1 unspecified atom stereocenters. The molecular formula is C16H21N3O2S. The summed E-state index contributed by atoms with van der Waals surface area (Å²) in [5.41, 5.74) is 0.670. The molecule has 0 bridgehead atoms. The summed E-state index contributed by atoms with van der Waals surface area (Å²) in [7, 11) is 0. The predicted molar refractivity (Wildman–Crippen MR) is 88.0 cm³/mol. The number of rotatable bonds is 4. The Bertz CT molecular complexity index is 644. The van der Waals surface area contributed by atoms with Crippen molar-refractivity contribution in [1.29, 1.82) is 0 Å². The Morgan fingerprint density at radius 3 is 2.41 bits per heavy atom. The maximum absolute atomic E-state index is 11.0. The molecule has 2 aromatic rings. The first-order valence-corrected chi connectivity index (χ1v) is 8.02. The van der Waals surface area contributed by atoms with E-state index >= 15 is 0 Å². The Labute approximate surface area is 134 Å². The molecule has 118 valence electrons. The lowest BCUT2D eigenvalue weighted by atomic mass is 9.96. The lowest BCUT2D eigenvalue weighted by Crippen LogP contribution is -2.13. The number of nitrogens with zero attached hydrogens (tertiary/aromatic N) is 2. The second-order valence-corrected chi connectivity index (χ2v) is 7.59. The standard InChI is InChI=1S/C16H21N3O2S/c1-10(14-18-15(19-21-14)16(3,4)5)22-13-8-6-12(7-9-13)17-11(2)20/h6-10H,1-5H3,(H,17,20). The first-order chi connectivity index (χ1) is 10.3. The molecule has 6 heteroatoms. The van der Waals surface area contributed by atoms with Gasteiger partial charge in [-0.25, -0.2) is 0 Å². The molecule has 1 aromatic heterocycles. The highest BCUT2D eigenvalue weighted by Gasteiger charge is 2.23. The molecule has 1 heterocycles. The summed E-state index contributed by atoms with van der Waals surface area (Å²) in [5, 5.41) is 6.86. The fourth-order valence-corrected chi connectivity index (χ4v) is 2.68. The van der Waals surface area contributed by atoms with Gasteiger partial charge in [0, 0.05) is 22.9 Å². The van der Waals surface area contributed by atoms with Crippen molar-refractivity contribution in [3.63, 3.8) is 0 Å². The van der Waals surface area contributed by atoms with Gasteiger partial charge >= 0.3 is 0 Å². The van der Waals surface area contributed by atoms with Gasteiger partial charge in [0.15, 0.2) is 5.82 Å². The van der Waals surface area contributed by atoms with Gasteiger partial charge in [0.2, 0.25) is 11.8 Å². The van der Waals surface area contributed by atoms with Crippen LogP contribution in [0.5, 0.6) is 0 Å². The maximum Gasteiger partial charge on any atom is 0.239 e. The number of anilines is 1. The van der Waals surface area contributed by atoms with E-state index in [-0.39, 0.29) is 16.6 Å². The van der Waals surface area contributed by atoms with Gasteiger partial charge in [0.1, 0.15) is 0 Å². The summed E-state index contributed by atoms with van der Waals surface area (Å²) in [5.74, 6) is 1.27. The number of nitrogens with one attached hydrogen (secondary N) is 1. The van der Waals surface area contributed by atoms with E-state index in [1.54, 1.807) is 11.8 Å². The molecule has 2 rings (SSSR count). The van der Waals surface area contributed by atoms with Gasteiger partial charge in [-0.3, -0.25) is 4.79 Å². The summed E-state index contributed by atoms with van der Waals surface area (Å²) < 4.78 is 5.36. The molecule has 0 spiro atoms. The lowest BCUT2D eigenvalue weighted by Gasteiger charge is -2.11. The number of benzene rings is 1. The molecule has 5 nitrogen and oxygen atoms in total. The molecule has 0 aliphatic heterocycles. The average molecular weight is 319 g/mol. The molecule has 0 saturated heterocycles. The van der Waals surface area contributed by atoms with Crippen molar-refractivity contribution >= 4 is 23.4 Å². The lowest BCUT2D eigenvalue weighted by molar-refractivity contribution is -0.114. The second kappa shape index (κ2) is 6.52. The smallest absolute Gasteiger partial charge is 0.239 e. The number of hydrogen-bond donors (Lipinski definition) is 1. The third kappa shape index (κ3) is 4.34. The van der Waals surface area contributed by atoms with Crippen LogP contribution >= 0.6 is 11.8 Å². The Balaban J connectivity index is 2.04. The third-order valence-corrected chi connectivity index (χ3v) is 4.05. The van der Waals surface area contributed by atoms with Crippen LogP contribution in [0.25, 0.3) is 0 Å². The number of thioether (sulfide) groups is 1. The van der Waals surface area contributed by atoms with Crippen LogP contribution in [0.2, 0.25) is 0 Å². The monoisotopic (exact) mass is 319 g/mol. The van der Waals surface area contributed by atoms with Crippen LogP contribution in [-0.4, -0.2) is 16.0 Å². The summed E-state index contributed by atoms with van der Waals surface area (Å²) in [6.07, 6.45) is 0. The zero-order valence-electron chi connectivity index (χ0n) is 13.5. The van der Waals surface area contributed by atoms with E-state index in [0.717, 1.165) is 16.4 Å². The second-order valence-electron chi connectivity index (χ2n) is 6.17. The minimum absolute atomic E-state index is 0.0650. The fraction of sp³-hybridized carbons (Fsp3) is 0.438. The molecule has 0 aliphatic carbocycles. The van der Waals surface area contributed by atoms with E-state index in [1.807, 2.05) is 31.2 Å². The average Bonchev–Trinajstić information content (AvgIpc) is 2.90. The molecule has 0 fully saturated rings. The van der Waals surface area contributed by atoms with Crippen molar-refractivity contribution < 1.29 is 9.32 Å². The SMILES string of the molecule is CC(=O)Nc1ccc(SC(C)c2nc(C(C)(C)C)no2)cc1. The van der Waals surface area contributed by atoms with E-state index in [1.165, 1.54) is 6.92 Å². The predicted octanol–water partition coefficient (Wildman–Crippen LogP) is 4.18. The third-order valence-electron chi connectivity index (χ3n) is 2.95. The van der Waals surface area contributed by atoms with Gasteiger partial charge in [0.05, 0.1) is 5.25 Å². The maximum atomic E-state index is 11.0. The van der Waals surface area contributed by atoms with Gasteiger partial charge in [-0.15, -0.1) is 11.8 Å². The van der Waals surface area contributed by atoms with Crippen LogP contribution in [0, 0.1) is 0 Å². The van der Waals surface area contributed by atoms with E-state index < -0.39 is 0 Å². The van der Waals surface area contributed by atoms with Gasteiger partial charge in [-0.2, -0.15) is 4.98 Å². The van der Waals surface area contributed by atoms with Crippen LogP contribution in [0.4, 0.5) is 5.69 Å². The van der Waals surface area contributed by atoms with E-state index in [0.29, 0.717) is 5.89 Å². The zero-order valence-corrected chi connectivity index (χ0v) is 14.3. The van der Waals surface area contributed by atoms with Crippen molar-refractivity contribution in [3.05, 3.63) is 36.0 Å². The molecule has 1 amide bonds. The van der Waals surface area contributed by atoms with Gasteiger partial charge in [-0.05, 0) is 31.2 Å². The molecule has 22 heavy (non-hydrogen) atoms. The summed E-state index contributed by atoms with van der Waals surface area (Å²) in [6.45, 7) is 9.69. The van der Waals surface area contributed by atoms with Crippen molar-refractivity contribution in [2.24, 2.45) is 0 Å². The van der Waals surface area contributed by atoms with Gasteiger partial charge in [-0.1, -0.05) is 25.9 Å². The van der Waals surface area contributed by atoms with Crippen molar-refractivity contribution in [2.75, 3.05) is 5.32 Å². The highest BCUT2D eigenvalue weighted by molar-refractivity contribution is 7.99. The zero-order chi connectivity index (χ0) is 16.3. The Morgan fingerprint density at radius 1 is 1.27 bits per heavy atom. The number of hydrogen-bond acceptors (Lipinski definition) is 5. The molecule has 1 atom stereocenters. The normalized spacial score (nSPS) is 13.0. The molecule has 1 N–H and O–H groups in total. The van der Waals surface area contributed by atoms with E-state index in [4.69, 9.17) is 4.52 Å². The topological polar surface area (TPSA) is 68.0 Å². The molecule has 0 saturated carbocycles. The van der Waals surface area contributed by atoms with Crippen molar-refractivity contribution in [2.45, 2.75) is 50.2 Å². The fourth-order valence-electron chi connectivity index (χ4n) is 1.78. The number of carbonyl (C=O) groups excluding carboxylic acids is 1. The van der Waals surface area contributed by atoms with Crippen molar-refractivity contribution in [3.8, 4) is 0 Å². The minimum atomic E-state index is -0.119. The Kier molecular flexibility index (Phi) is 4.90. The molecule has 1 aromatic carbocycles. The number of amides is 1. The Morgan fingerprint density at radius 2 is 1.91 bits per heavy atom. The van der Waals surface area contributed by atoms with Gasteiger partial charge in [0.25, 0.3) is 0 Å². The summed E-state index contributed by atoms with van der Waals surface area (Å²) >= 11 is 1.64. The largest absolute Gasteiger partial charge is 0.338 e. The minimum Gasteiger partial charge on any atom is -0.338 e. The summed E-state index contributed by atoms with van der Waals surface area (Å²) in [6, 6.07) is 7.69. The molecule has 0 aliphatic rings. The van der Waals surface area contributed by atoms with E-state index in [9.17, 15) is 4.79 Å². The molecular weight excluding hydrogens is 298 g/mol.